The number of piperidine rings is 1. The number of anilines is 1. The van der Waals surface area contributed by atoms with Gasteiger partial charge in [0.2, 0.25) is 0 Å². The molecule has 0 bridgehead atoms. The van der Waals surface area contributed by atoms with E-state index >= 15 is 0 Å². The van der Waals surface area contributed by atoms with Crippen LogP contribution in [-0.4, -0.2) is 18.1 Å². The SMILES string of the molecule is CCC1(CC)CCN(c2nc(C)cc(C)c2CN)CC1. The molecule has 0 atom stereocenters. The highest BCUT2D eigenvalue weighted by Gasteiger charge is 2.32. The summed E-state index contributed by atoms with van der Waals surface area (Å²) in [7, 11) is 0. The second kappa shape index (κ2) is 6.13. The van der Waals surface area contributed by atoms with Crippen LogP contribution in [0.3, 0.4) is 0 Å². The minimum Gasteiger partial charge on any atom is -0.356 e. The van der Waals surface area contributed by atoms with Crippen LogP contribution in [-0.2, 0) is 6.54 Å². The maximum atomic E-state index is 5.95. The molecule has 3 nitrogen and oxygen atoms in total. The van der Waals surface area contributed by atoms with Crippen molar-refractivity contribution in [2.24, 2.45) is 11.1 Å². The highest BCUT2D eigenvalue weighted by atomic mass is 15.2. The molecule has 2 heterocycles. The number of aryl methyl sites for hydroxylation is 2. The van der Waals surface area contributed by atoms with Gasteiger partial charge in [0.1, 0.15) is 5.82 Å². The Morgan fingerprint density at radius 3 is 2.30 bits per heavy atom. The molecule has 0 saturated carbocycles. The van der Waals surface area contributed by atoms with Gasteiger partial charge in [-0.05, 0) is 43.7 Å². The van der Waals surface area contributed by atoms with E-state index in [1.165, 1.54) is 36.8 Å². The fourth-order valence-electron chi connectivity index (χ4n) is 3.51. The molecule has 0 aliphatic carbocycles. The van der Waals surface area contributed by atoms with Crippen LogP contribution in [0, 0.1) is 19.3 Å². The van der Waals surface area contributed by atoms with Crippen molar-refractivity contribution in [3.05, 3.63) is 22.9 Å². The van der Waals surface area contributed by atoms with Gasteiger partial charge < -0.3 is 10.6 Å². The highest BCUT2D eigenvalue weighted by molar-refractivity contribution is 5.52. The van der Waals surface area contributed by atoms with Crippen LogP contribution in [0.25, 0.3) is 0 Å². The first-order chi connectivity index (χ1) is 9.55. The first-order valence-electron chi connectivity index (χ1n) is 7.97. The molecule has 112 valence electrons. The number of nitrogens with zero attached hydrogens (tertiary/aromatic N) is 2. The lowest BCUT2D eigenvalue weighted by molar-refractivity contribution is 0.199. The van der Waals surface area contributed by atoms with Crippen molar-refractivity contribution in [1.82, 2.24) is 4.98 Å². The first kappa shape index (κ1) is 15.3. The number of pyridine rings is 1. The van der Waals surface area contributed by atoms with Crippen LogP contribution in [0.5, 0.6) is 0 Å². The predicted molar refractivity (Wildman–Crippen MR) is 86.1 cm³/mol. The molecule has 1 aromatic heterocycles. The van der Waals surface area contributed by atoms with Gasteiger partial charge in [0.25, 0.3) is 0 Å². The highest BCUT2D eigenvalue weighted by Crippen LogP contribution is 2.39. The third-order valence-electron chi connectivity index (χ3n) is 5.28. The Kier molecular flexibility index (Phi) is 4.69. The molecule has 0 spiro atoms. The maximum absolute atomic E-state index is 5.95. The number of rotatable bonds is 4. The van der Waals surface area contributed by atoms with Gasteiger partial charge in [-0.2, -0.15) is 0 Å². The molecule has 0 aromatic carbocycles. The number of hydrogen-bond acceptors (Lipinski definition) is 3. The second-order valence-electron chi connectivity index (χ2n) is 6.28. The van der Waals surface area contributed by atoms with Gasteiger partial charge in [-0.3, -0.25) is 0 Å². The Hall–Kier alpha value is -1.09. The third kappa shape index (κ3) is 2.83. The molecule has 0 radical (unpaired) electrons. The lowest BCUT2D eigenvalue weighted by Gasteiger charge is -2.42. The summed E-state index contributed by atoms with van der Waals surface area (Å²) >= 11 is 0. The molecule has 1 aliphatic heterocycles. The van der Waals surface area contributed by atoms with Crippen LogP contribution >= 0.6 is 0 Å². The molecular weight excluding hydrogens is 246 g/mol. The van der Waals surface area contributed by atoms with E-state index in [0.29, 0.717) is 12.0 Å². The summed E-state index contributed by atoms with van der Waals surface area (Å²) < 4.78 is 0. The van der Waals surface area contributed by atoms with E-state index in [1.807, 2.05) is 0 Å². The molecule has 0 unspecified atom stereocenters. The monoisotopic (exact) mass is 275 g/mol. The Labute approximate surface area is 123 Å². The zero-order valence-electron chi connectivity index (χ0n) is 13.5. The van der Waals surface area contributed by atoms with Gasteiger partial charge >= 0.3 is 0 Å². The Morgan fingerprint density at radius 1 is 1.20 bits per heavy atom. The molecule has 1 aliphatic rings. The summed E-state index contributed by atoms with van der Waals surface area (Å²) in [6.07, 6.45) is 5.14. The molecular formula is C17H29N3. The molecule has 20 heavy (non-hydrogen) atoms. The Balaban J connectivity index is 2.22. The minimum atomic E-state index is 0.554. The quantitative estimate of drug-likeness (QED) is 0.913. The summed E-state index contributed by atoms with van der Waals surface area (Å²) in [4.78, 5) is 7.22. The third-order valence-corrected chi connectivity index (χ3v) is 5.28. The van der Waals surface area contributed by atoms with E-state index in [4.69, 9.17) is 10.7 Å². The van der Waals surface area contributed by atoms with Crippen LogP contribution in [0.2, 0.25) is 0 Å². The Bertz CT molecular complexity index is 454. The van der Waals surface area contributed by atoms with Crippen molar-refractivity contribution in [1.29, 1.82) is 0 Å². The van der Waals surface area contributed by atoms with Crippen LogP contribution in [0.1, 0.15) is 56.4 Å². The number of nitrogens with two attached hydrogens (primary N) is 1. The van der Waals surface area contributed by atoms with Gasteiger partial charge in [-0.15, -0.1) is 0 Å². The smallest absolute Gasteiger partial charge is 0.133 e. The molecule has 2 N–H and O–H groups in total. The maximum Gasteiger partial charge on any atom is 0.133 e. The van der Waals surface area contributed by atoms with Gasteiger partial charge in [0, 0.05) is 30.9 Å². The van der Waals surface area contributed by atoms with E-state index in [0.717, 1.165) is 24.6 Å². The molecule has 1 saturated heterocycles. The van der Waals surface area contributed by atoms with Crippen LogP contribution < -0.4 is 10.6 Å². The van der Waals surface area contributed by atoms with Crippen LogP contribution in [0.15, 0.2) is 6.07 Å². The van der Waals surface area contributed by atoms with E-state index < -0.39 is 0 Å². The van der Waals surface area contributed by atoms with Crippen molar-refractivity contribution in [3.63, 3.8) is 0 Å². The van der Waals surface area contributed by atoms with Gasteiger partial charge in [-0.1, -0.05) is 26.7 Å². The van der Waals surface area contributed by atoms with E-state index in [-0.39, 0.29) is 0 Å². The summed E-state index contributed by atoms with van der Waals surface area (Å²) in [5, 5.41) is 0. The topological polar surface area (TPSA) is 42.2 Å². The van der Waals surface area contributed by atoms with Crippen molar-refractivity contribution in [2.45, 2.75) is 59.9 Å². The zero-order chi connectivity index (χ0) is 14.8. The van der Waals surface area contributed by atoms with Gasteiger partial charge in [0.15, 0.2) is 0 Å². The first-order valence-corrected chi connectivity index (χ1v) is 7.97. The number of aromatic nitrogens is 1. The van der Waals surface area contributed by atoms with E-state index in [9.17, 15) is 0 Å². The predicted octanol–water partition coefficient (Wildman–Crippen LogP) is 3.56. The van der Waals surface area contributed by atoms with Crippen molar-refractivity contribution < 1.29 is 0 Å². The fraction of sp³-hybridized carbons (Fsp3) is 0.706. The largest absolute Gasteiger partial charge is 0.356 e. The molecule has 1 fully saturated rings. The minimum absolute atomic E-state index is 0.554. The molecule has 1 aromatic rings. The Morgan fingerprint density at radius 2 is 1.80 bits per heavy atom. The van der Waals surface area contributed by atoms with Crippen LogP contribution in [0.4, 0.5) is 5.82 Å². The average Bonchev–Trinajstić information content (AvgIpc) is 2.46. The molecule has 2 rings (SSSR count). The second-order valence-corrected chi connectivity index (χ2v) is 6.28. The lowest BCUT2D eigenvalue weighted by Crippen LogP contribution is -2.40. The molecule has 0 amide bonds. The summed E-state index contributed by atoms with van der Waals surface area (Å²) in [6, 6.07) is 2.14. The van der Waals surface area contributed by atoms with Crippen molar-refractivity contribution >= 4 is 5.82 Å². The fourth-order valence-corrected chi connectivity index (χ4v) is 3.51. The lowest BCUT2D eigenvalue weighted by atomic mass is 9.74. The summed E-state index contributed by atoms with van der Waals surface area (Å²) in [6.45, 7) is 11.7. The van der Waals surface area contributed by atoms with Crippen molar-refractivity contribution in [2.75, 3.05) is 18.0 Å². The standard InChI is InChI=1S/C17H29N3/c1-5-17(6-2)7-9-20(10-8-17)16-15(12-18)13(3)11-14(4)19-16/h11H,5-10,12,18H2,1-4H3. The van der Waals surface area contributed by atoms with E-state index in [1.54, 1.807) is 0 Å². The van der Waals surface area contributed by atoms with Gasteiger partial charge in [-0.25, -0.2) is 4.98 Å². The van der Waals surface area contributed by atoms with E-state index in [2.05, 4.69) is 38.7 Å². The normalized spacial score (nSPS) is 18.4. The zero-order valence-corrected chi connectivity index (χ0v) is 13.5. The van der Waals surface area contributed by atoms with Crippen molar-refractivity contribution in [3.8, 4) is 0 Å². The van der Waals surface area contributed by atoms with Gasteiger partial charge in [0.05, 0.1) is 0 Å². The summed E-state index contributed by atoms with van der Waals surface area (Å²) in [5.74, 6) is 1.13. The number of hydrogen-bond donors (Lipinski definition) is 1. The summed E-state index contributed by atoms with van der Waals surface area (Å²) in [5.41, 5.74) is 10.1. The molecule has 3 heteroatoms. The average molecular weight is 275 g/mol.